The summed E-state index contributed by atoms with van der Waals surface area (Å²) < 4.78 is 0. The van der Waals surface area contributed by atoms with Crippen molar-refractivity contribution in [1.82, 2.24) is 5.32 Å². The van der Waals surface area contributed by atoms with E-state index >= 15 is 0 Å². The first-order valence-corrected chi connectivity index (χ1v) is 7.28. The molecule has 0 aliphatic carbocycles. The molecular weight excluding hydrogens is 363 g/mol. The lowest BCUT2D eigenvalue weighted by atomic mass is 10.3. The quantitative estimate of drug-likeness (QED) is 0.526. The van der Waals surface area contributed by atoms with Crippen LogP contribution in [0.15, 0.2) is 53.5 Å². The number of guanidine groups is 1. The van der Waals surface area contributed by atoms with Crippen LogP contribution in [0.5, 0.6) is 0 Å². The van der Waals surface area contributed by atoms with Crippen molar-refractivity contribution in [3.05, 3.63) is 48.5 Å². The summed E-state index contributed by atoms with van der Waals surface area (Å²) in [6.45, 7) is 1.64. The fourth-order valence-electron chi connectivity index (χ4n) is 2.12. The van der Waals surface area contributed by atoms with E-state index in [1.165, 1.54) is 0 Å². The Balaban J connectivity index is 0.00000156. The van der Waals surface area contributed by atoms with Crippen LogP contribution in [0, 0.1) is 0 Å². The third-order valence-electron chi connectivity index (χ3n) is 3.25. The van der Waals surface area contributed by atoms with Crippen molar-refractivity contribution in [2.75, 3.05) is 34.8 Å². The first-order valence-electron chi connectivity index (χ1n) is 7.28. The van der Waals surface area contributed by atoms with E-state index in [9.17, 15) is 4.79 Å². The summed E-state index contributed by atoms with van der Waals surface area (Å²) in [4.78, 5) is 16.2. The highest BCUT2D eigenvalue weighted by Crippen LogP contribution is 2.15. The number of aliphatic imine (C=N–C) groups is 1. The molecule has 2 aromatic carbocycles. The van der Waals surface area contributed by atoms with Gasteiger partial charge >= 0.3 is 6.03 Å². The number of benzene rings is 2. The van der Waals surface area contributed by atoms with Crippen molar-refractivity contribution < 1.29 is 4.79 Å². The molecule has 3 rings (SSSR count). The zero-order chi connectivity index (χ0) is 16.1. The lowest BCUT2D eigenvalue weighted by molar-refractivity contribution is 0.262. The van der Waals surface area contributed by atoms with Gasteiger partial charge in [0.05, 0.1) is 6.54 Å². The van der Waals surface area contributed by atoms with Crippen LogP contribution < -0.4 is 27.0 Å². The minimum Gasteiger partial charge on any atom is -0.399 e. The van der Waals surface area contributed by atoms with Gasteiger partial charge in [-0.15, -0.1) is 24.8 Å². The first-order chi connectivity index (χ1) is 11.2. The normalized spacial score (nSPS) is 11.9. The minimum atomic E-state index is -0.308. The predicted molar refractivity (Wildman–Crippen MR) is 108 cm³/mol. The number of nitrogens with two attached hydrogens (primary N) is 1. The molecule has 2 amide bonds. The van der Waals surface area contributed by atoms with Gasteiger partial charge in [-0.1, -0.05) is 0 Å². The standard InChI is InChI=1S/C16H18N6O.2ClH/c17-11-1-3-13(4-2-11)21-16(23)22-14-7-5-12(6-8-14)20-15-18-9-10-19-15;;/h1-8H,9-10,17H2,(H2,18,19,20)(H2,21,22,23);2*1H. The Morgan fingerprint density at radius 3 is 1.96 bits per heavy atom. The number of rotatable bonds is 3. The van der Waals surface area contributed by atoms with E-state index < -0.39 is 0 Å². The molecule has 6 N–H and O–H groups in total. The molecule has 0 bridgehead atoms. The van der Waals surface area contributed by atoms with Crippen molar-refractivity contribution in [2.45, 2.75) is 0 Å². The highest BCUT2D eigenvalue weighted by molar-refractivity contribution is 6.00. The Morgan fingerprint density at radius 1 is 0.920 bits per heavy atom. The van der Waals surface area contributed by atoms with E-state index in [1.807, 2.05) is 24.3 Å². The smallest absolute Gasteiger partial charge is 0.323 e. The Bertz CT molecular complexity index is 718. The van der Waals surface area contributed by atoms with Crippen LogP contribution >= 0.6 is 24.8 Å². The van der Waals surface area contributed by atoms with Crippen LogP contribution in [0.4, 0.5) is 27.5 Å². The van der Waals surface area contributed by atoms with E-state index in [-0.39, 0.29) is 30.8 Å². The second-order valence-electron chi connectivity index (χ2n) is 5.06. The highest BCUT2D eigenvalue weighted by atomic mass is 35.5. The largest absolute Gasteiger partial charge is 0.399 e. The molecule has 0 spiro atoms. The topological polar surface area (TPSA) is 104 Å². The van der Waals surface area contributed by atoms with Gasteiger partial charge < -0.3 is 27.0 Å². The van der Waals surface area contributed by atoms with Crippen LogP contribution in [-0.2, 0) is 0 Å². The lowest BCUT2D eigenvalue weighted by Crippen LogP contribution is -2.26. The lowest BCUT2D eigenvalue weighted by Gasteiger charge is -2.10. The SMILES string of the molecule is Cl.Cl.Nc1ccc(NC(=O)Nc2ccc(NC3=NCCN3)cc2)cc1. The van der Waals surface area contributed by atoms with Crippen molar-refractivity contribution in [2.24, 2.45) is 4.99 Å². The molecule has 0 saturated heterocycles. The molecule has 0 aromatic heterocycles. The summed E-state index contributed by atoms with van der Waals surface area (Å²) in [5.74, 6) is 0.770. The zero-order valence-corrected chi connectivity index (χ0v) is 14.9. The maximum Gasteiger partial charge on any atom is 0.323 e. The van der Waals surface area contributed by atoms with Gasteiger partial charge in [0, 0.05) is 29.3 Å². The van der Waals surface area contributed by atoms with Crippen molar-refractivity contribution in [3.63, 3.8) is 0 Å². The number of anilines is 4. The van der Waals surface area contributed by atoms with Gasteiger partial charge in [0.15, 0.2) is 5.96 Å². The van der Waals surface area contributed by atoms with E-state index in [0.29, 0.717) is 17.1 Å². The number of nitrogens with zero attached hydrogens (tertiary/aromatic N) is 1. The van der Waals surface area contributed by atoms with Crippen molar-refractivity contribution in [1.29, 1.82) is 0 Å². The zero-order valence-electron chi connectivity index (χ0n) is 13.3. The average molecular weight is 383 g/mol. The van der Waals surface area contributed by atoms with Crippen molar-refractivity contribution >= 4 is 59.6 Å². The third kappa shape index (κ3) is 6.06. The number of nitrogens with one attached hydrogen (secondary N) is 4. The van der Waals surface area contributed by atoms with Gasteiger partial charge in [-0.3, -0.25) is 4.99 Å². The summed E-state index contributed by atoms with van der Waals surface area (Å²) >= 11 is 0. The number of hydrogen-bond donors (Lipinski definition) is 5. The minimum absolute atomic E-state index is 0. The molecule has 1 aliphatic heterocycles. The number of carbonyl (C=O) groups is 1. The Hall–Kier alpha value is -2.64. The highest BCUT2D eigenvalue weighted by Gasteiger charge is 2.06. The molecule has 0 atom stereocenters. The summed E-state index contributed by atoms with van der Waals surface area (Å²) in [7, 11) is 0. The predicted octanol–water partition coefficient (Wildman–Crippen LogP) is 3.13. The van der Waals surface area contributed by atoms with Crippen LogP contribution in [0.3, 0.4) is 0 Å². The second-order valence-corrected chi connectivity index (χ2v) is 5.06. The summed E-state index contributed by atoms with van der Waals surface area (Å²) in [5, 5.41) is 11.8. The molecule has 1 heterocycles. The maximum absolute atomic E-state index is 11.9. The van der Waals surface area contributed by atoms with Gasteiger partial charge in [0.1, 0.15) is 0 Å². The Kier molecular flexibility index (Phi) is 7.84. The number of hydrogen-bond acceptors (Lipinski definition) is 5. The maximum atomic E-state index is 11.9. The molecule has 0 unspecified atom stereocenters. The van der Waals surface area contributed by atoms with Crippen molar-refractivity contribution in [3.8, 4) is 0 Å². The first kappa shape index (κ1) is 20.4. The molecule has 1 aliphatic rings. The third-order valence-corrected chi connectivity index (χ3v) is 3.25. The molecule has 2 aromatic rings. The van der Waals surface area contributed by atoms with Crippen LogP contribution in [-0.4, -0.2) is 25.1 Å². The molecule has 0 saturated carbocycles. The summed E-state index contributed by atoms with van der Waals surface area (Å²) in [6, 6.07) is 14.0. The fraction of sp³-hybridized carbons (Fsp3) is 0.125. The second kappa shape index (κ2) is 9.61. The van der Waals surface area contributed by atoms with Crippen LogP contribution in [0.1, 0.15) is 0 Å². The number of amides is 2. The van der Waals surface area contributed by atoms with E-state index in [0.717, 1.165) is 24.7 Å². The summed E-state index contributed by atoms with van der Waals surface area (Å²) in [6.07, 6.45) is 0. The van der Waals surface area contributed by atoms with Gasteiger partial charge in [-0.05, 0) is 48.5 Å². The van der Waals surface area contributed by atoms with Gasteiger partial charge in [-0.2, -0.15) is 0 Å². The van der Waals surface area contributed by atoms with E-state index in [2.05, 4.69) is 26.3 Å². The average Bonchev–Trinajstić information content (AvgIpc) is 3.04. The number of nitrogen functional groups attached to an aromatic ring is 1. The van der Waals surface area contributed by atoms with Crippen LogP contribution in [0.25, 0.3) is 0 Å². The Morgan fingerprint density at radius 2 is 1.44 bits per heavy atom. The number of carbonyl (C=O) groups excluding carboxylic acids is 1. The van der Waals surface area contributed by atoms with Gasteiger partial charge in [0.2, 0.25) is 0 Å². The van der Waals surface area contributed by atoms with E-state index in [4.69, 9.17) is 5.73 Å². The van der Waals surface area contributed by atoms with Gasteiger partial charge in [-0.25, -0.2) is 4.79 Å². The number of halogens is 2. The monoisotopic (exact) mass is 382 g/mol. The molecule has 0 fully saturated rings. The fourth-order valence-corrected chi connectivity index (χ4v) is 2.12. The summed E-state index contributed by atoms with van der Waals surface area (Å²) in [5.41, 5.74) is 8.54. The molecule has 0 radical (unpaired) electrons. The molecular formula is C16H20Cl2N6O. The van der Waals surface area contributed by atoms with E-state index in [1.54, 1.807) is 24.3 Å². The number of urea groups is 1. The molecule has 7 nitrogen and oxygen atoms in total. The Labute approximate surface area is 158 Å². The van der Waals surface area contributed by atoms with Crippen LogP contribution in [0.2, 0.25) is 0 Å². The van der Waals surface area contributed by atoms with Gasteiger partial charge in [0.25, 0.3) is 0 Å². The molecule has 134 valence electrons. The molecule has 25 heavy (non-hydrogen) atoms. The molecule has 9 heteroatoms.